The van der Waals surface area contributed by atoms with E-state index in [9.17, 15) is 0 Å². The minimum absolute atomic E-state index is 0. The highest BCUT2D eigenvalue weighted by Crippen LogP contribution is 2.30. The van der Waals surface area contributed by atoms with Gasteiger partial charge >= 0.3 is 0 Å². The van der Waals surface area contributed by atoms with Gasteiger partial charge in [-0.3, -0.25) is 4.90 Å². The minimum atomic E-state index is 0. The van der Waals surface area contributed by atoms with Gasteiger partial charge in [0.15, 0.2) is 0 Å². The van der Waals surface area contributed by atoms with E-state index >= 15 is 0 Å². The van der Waals surface area contributed by atoms with Crippen molar-refractivity contribution >= 4 is 35.3 Å². The van der Waals surface area contributed by atoms with Crippen LogP contribution in [0.25, 0.3) is 0 Å². The van der Waals surface area contributed by atoms with Crippen LogP contribution in [0.3, 0.4) is 0 Å². The van der Waals surface area contributed by atoms with Crippen molar-refractivity contribution < 1.29 is 0 Å². The number of hydrogen-bond donors (Lipinski definition) is 1. The zero-order valence-corrected chi connectivity index (χ0v) is 11.4. The zero-order chi connectivity index (χ0) is 10.3. The Kier molecular flexibility index (Phi) is 4.14. The number of hydrogen-bond acceptors (Lipinski definition) is 3. The number of rotatable bonds is 2. The molecule has 0 spiro atoms. The highest BCUT2D eigenvalue weighted by Gasteiger charge is 2.35. The van der Waals surface area contributed by atoms with Gasteiger partial charge in [0.25, 0.3) is 0 Å². The molecule has 5 heteroatoms. The SMILES string of the molecule is Cl.Clc1ccsc1CN1C[C@H]2CNC[C@H]2C1. The second kappa shape index (κ2) is 5.23. The summed E-state index contributed by atoms with van der Waals surface area (Å²) in [5, 5.41) is 6.48. The average Bonchev–Trinajstić information content (AvgIpc) is 2.83. The van der Waals surface area contributed by atoms with Crippen LogP contribution >= 0.6 is 35.3 Å². The Bertz CT molecular complexity index is 344. The summed E-state index contributed by atoms with van der Waals surface area (Å²) < 4.78 is 0. The molecule has 0 bridgehead atoms. The van der Waals surface area contributed by atoms with E-state index in [4.69, 9.17) is 11.6 Å². The lowest BCUT2D eigenvalue weighted by molar-refractivity contribution is 0.308. The van der Waals surface area contributed by atoms with E-state index in [0.29, 0.717) is 0 Å². The van der Waals surface area contributed by atoms with Gasteiger partial charge in [0.05, 0.1) is 5.02 Å². The van der Waals surface area contributed by atoms with Crippen molar-refractivity contribution in [1.82, 2.24) is 10.2 Å². The van der Waals surface area contributed by atoms with Crippen LogP contribution in [0, 0.1) is 11.8 Å². The Morgan fingerprint density at radius 3 is 2.62 bits per heavy atom. The van der Waals surface area contributed by atoms with Crippen LogP contribution in [0.1, 0.15) is 4.88 Å². The first-order valence-corrected chi connectivity index (χ1v) is 6.73. The number of halogens is 2. The Morgan fingerprint density at radius 1 is 1.38 bits per heavy atom. The molecule has 2 aliphatic heterocycles. The summed E-state index contributed by atoms with van der Waals surface area (Å²) in [7, 11) is 0. The van der Waals surface area contributed by atoms with Crippen molar-refractivity contribution in [2.45, 2.75) is 6.54 Å². The fourth-order valence-corrected chi connectivity index (χ4v) is 3.86. The molecule has 2 aliphatic rings. The molecule has 2 nitrogen and oxygen atoms in total. The number of thiophene rings is 1. The first-order valence-electron chi connectivity index (χ1n) is 5.48. The van der Waals surface area contributed by atoms with E-state index < -0.39 is 0 Å². The maximum atomic E-state index is 6.11. The number of nitrogens with zero attached hydrogens (tertiary/aromatic N) is 1. The molecule has 2 saturated heterocycles. The van der Waals surface area contributed by atoms with Crippen molar-refractivity contribution in [3.8, 4) is 0 Å². The molecule has 3 heterocycles. The van der Waals surface area contributed by atoms with Crippen LogP contribution in [0.15, 0.2) is 11.4 Å². The molecule has 1 aromatic rings. The number of nitrogens with one attached hydrogen (secondary N) is 1. The average molecular weight is 279 g/mol. The predicted molar refractivity (Wildman–Crippen MR) is 71.7 cm³/mol. The van der Waals surface area contributed by atoms with Gasteiger partial charge in [-0.05, 0) is 36.4 Å². The summed E-state index contributed by atoms with van der Waals surface area (Å²) in [6.45, 7) is 5.94. The van der Waals surface area contributed by atoms with Gasteiger partial charge in [0, 0.05) is 24.5 Å². The molecule has 3 rings (SSSR count). The quantitative estimate of drug-likeness (QED) is 0.894. The lowest BCUT2D eigenvalue weighted by Crippen LogP contribution is -2.25. The van der Waals surface area contributed by atoms with Crippen LogP contribution in [0.4, 0.5) is 0 Å². The molecular formula is C11H16Cl2N2S. The van der Waals surface area contributed by atoms with Crippen molar-refractivity contribution in [3.05, 3.63) is 21.3 Å². The molecule has 0 aliphatic carbocycles. The van der Waals surface area contributed by atoms with E-state index in [1.165, 1.54) is 31.1 Å². The van der Waals surface area contributed by atoms with Crippen molar-refractivity contribution in [1.29, 1.82) is 0 Å². The molecule has 0 saturated carbocycles. The largest absolute Gasteiger partial charge is 0.316 e. The van der Waals surface area contributed by atoms with Gasteiger partial charge in [-0.1, -0.05) is 11.6 Å². The summed E-state index contributed by atoms with van der Waals surface area (Å²) in [5.41, 5.74) is 0. The van der Waals surface area contributed by atoms with E-state index in [2.05, 4.69) is 15.6 Å². The van der Waals surface area contributed by atoms with Crippen LogP contribution in [-0.4, -0.2) is 31.1 Å². The summed E-state index contributed by atoms with van der Waals surface area (Å²) >= 11 is 7.89. The summed E-state index contributed by atoms with van der Waals surface area (Å²) in [5.74, 6) is 1.76. The maximum Gasteiger partial charge on any atom is 0.0558 e. The highest BCUT2D eigenvalue weighted by atomic mass is 35.5. The molecule has 0 unspecified atom stereocenters. The normalized spacial score (nSPS) is 29.1. The molecule has 1 N–H and O–H groups in total. The Balaban J connectivity index is 0.000000963. The third kappa shape index (κ3) is 2.39. The first kappa shape index (κ1) is 12.7. The summed E-state index contributed by atoms with van der Waals surface area (Å²) in [4.78, 5) is 3.87. The van der Waals surface area contributed by atoms with E-state index in [1.807, 2.05) is 6.07 Å². The Hall–Kier alpha value is 0.200. The fraction of sp³-hybridized carbons (Fsp3) is 0.636. The third-order valence-electron chi connectivity index (χ3n) is 3.52. The lowest BCUT2D eigenvalue weighted by Gasteiger charge is -2.15. The van der Waals surface area contributed by atoms with Crippen molar-refractivity contribution in [3.63, 3.8) is 0 Å². The minimum Gasteiger partial charge on any atom is -0.316 e. The monoisotopic (exact) mass is 278 g/mol. The van der Waals surface area contributed by atoms with Crippen LogP contribution < -0.4 is 5.32 Å². The first-order chi connectivity index (χ1) is 7.33. The second-order valence-corrected chi connectivity index (χ2v) is 5.97. The van der Waals surface area contributed by atoms with Crippen LogP contribution in [0.2, 0.25) is 5.02 Å². The van der Waals surface area contributed by atoms with Gasteiger partial charge in [0.1, 0.15) is 0 Å². The predicted octanol–water partition coefficient (Wildman–Crippen LogP) is 2.47. The van der Waals surface area contributed by atoms with Crippen molar-refractivity contribution in [2.24, 2.45) is 11.8 Å². The number of fused-ring (bicyclic) bond motifs is 1. The Morgan fingerprint density at radius 2 is 2.06 bits per heavy atom. The van der Waals surface area contributed by atoms with E-state index in [1.54, 1.807) is 11.3 Å². The van der Waals surface area contributed by atoms with E-state index in [0.717, 1.165) is 23.4 Å². The van der Waals surface area contributed by atoms with Gasteiger partial charge in [0.2, 0.25) is 0 Å². The van der Waals surface area contributed by atoms with Gasteiger partial charge in [-0.15, -0.1) is 23.7 Å². The van der Waals surface area contributed by atoms with Gasteiger partial charge in [-0.25, -0.2) is 0 Å². The van der Waals surface area contributed by atoms with Crippen molar-refractivity contribution in [2.75, 3.05) is 26.2 Å². The van der Waals surface area contributed by atoms with Crippen LogP contribution in [-0.2, 0) is 6.54 Å². The Labute approximate surface area is 111 Å². The highest BCUT2D eigenvalue weighted by molar-refractivity contribution is 7.10. The molecule has 0 radical (unpaired) electrons. The standard InChI is InChI=1S/C11H15ClN2S.ClH/c12-10-1-2-15-11(10)7-14-5-8-3-13-4-9(8)6-14;/h1-2,8-9,13H,3-7H2;1H/t8-,9+;. The number of likely N-dealkylation sites (tertiary alicyclic amines) is 1. The zero-order valence-electron chi connectivity index (χ0n) is 8.99. The van der Waals surface area contributed by atoms with Gasteiger partial charge < -0.3 is 5.32 Å². The smallest absolute Gasteiger partial charge is 0.0558 e. The second-order valence-electron chi connectivity index (χ2n) is 4.56. The maximum absolute atomic E-state index is 6.11. The van der Waals surface area contributed by atoms with E-state index in [-0.39, 0.29) is 12.4 Å². The topological polar surface area (TPSA) is 15.3 Å². The molecule has 0 aromatic carbocycles. The fourth-order valence-electron chi connectivity index (χ4n) is 2.72. The molecule has 2 atom stereocenters. The molecule has 0 amide bonds. The molecule has 1 aromatic heterocycles. The van der Waals surface area contributed by atoms with Crippen LogP contribution in [0.5, 0.6) is 0 Å². The molecule has 2 fully saturated rings. The molecule has 16 heavy (non-hydrogen) atoms. The molecular weight excluding hydrogens is 263 g/mol. The third-order valence-corrected chi connectivity index (χ3v) is 4.90. The lowest BCUT2D eigenvalue weighted by atomic mass is 10.0. The molecule has 90 valence electrons. The summed E-state index contributed by atoms with van der Waals surface area (Å²) in [6, 6.07) is 2.00. The summed E-state index contributed by atoms with van der Waals surface area (Å²) in [6.07, 6.45) is 0. The van der Waals surface area contributed by atoms with Gasteiger partial charge in [-0.2, -0.15) is 0 Å².